The second kappa shape index (κ2) is 6.76. The lowest BCUT2D eigenvalue weighted by atomic mass is 9.86. The van der Waals surface area contributed by atoms with Crippen molar-refractivity contribution in [1.29, 1.82) is 0 Å². The van der Waals surface area contributed by atoms with E-state index in [0.717, 1.165) is 12.3 Å². The van der Waals surface area contributed by atoms with Crippen molar-refractivity contribution in [3.63, 3.8) is 0 Å². The number of aliphatic hydroxyl groups excluding tert-OH is 1. The summed E-state index contributed by atoms with van der Waals surface area (Å²) < 4.78 is 5.73. The van der Waals surface area contributed by atoms with Crippen molar-refractivity contribution in [1.82, 2.24) is 5.32 Å². The van der Waals surface area contributed by atoms with Crippen molar-refractivity contribution in [3.05, 3.63) is 29.8 Å². The minimum atomic E-state index is -0.474. The molecule has 102 valence electrons. The second-order valence-corrected chi connectivity index (χ2v) is 5.52. The predicted molar refractivity (Wildman–Crippen MR) is 75.2 cm³/mol. The number of rotatable bonds is 6. The molecule has 1 unspecified atom stereocenters. The molecule has 0 fully saturated rings. The molecule has 0 radical (unpaired) electrons. The van der Waals surface area contributed by atoms with Crippen LogP contribution in [0, 0.1) is 0 Å². The van der Waals surface area contributed by atoms with E-state index in [4.69, 9.17) is 4.74 Å². The summed E-state index contributed by atoms with van der Waals surface area (Å²) >= 11 is 0. The van der Waals surface area contributed by atoms with Crippen LogP contribution in [-0.4, -0.2) is 30.9 Å². The van der Waals surface area contributed by atoms with Crippen molar-refractivity contribution in [2.24, 2.45) is 0 Å². The SMILES string of the molecule is CCNCC(O)COc1ccccc1C(C)(C)C. The minimum Gasteiger partial charge on any atom is -0.491 e. The fourth-order valence-electron chi connectivity index (χ4n) is 1.77. The van der Waals surface area contributed by atoms with E-state index in [2.05, 4.69) is 32.2 Å². The highest BCUT2D eigenvalue weighted by atomic mass is 16.5. The molecule has 0 heterocycles. The lowest BCUT2D eigenvalue weighted by molar-refractivity contribution is 0.106. The lowest BCUT2D eigenvalue weighted by Crippen LogP contribution is -2.31. The molecule has 3 heteroatoms. The zero-order valence-electron chi connectivity index (χ0n) is 11.9. The van der Waals surface area contributed by atoms with Gasteiger partial charge in [0.2, 0.25) is 0 Å². The Balaban J connectivity index is 2.62. The average Bonchev–Trinajstić information content (AvgIpc) is 2.33. The average molecular weight is 251 g/mol. The maximum absolute atomic E-state index is 9.75. The Morgan fingerprint density at radius 1 is 1.28 bits per heavy atom. The van der Waals surface area contributed by atoms with Crippen molar-refractivity contribution in [2.75, 3.05) is 19.7 Å². The first kappa shape index (κ1) is 15.0. The number of likely N-dealkylation sites (N-methyl/N-ethyl adjacent to an activating group) is 1. The van der Waals surface area contributed by atoms with E-state index in [-0.39, 0.29) is 5.41 Å². The largest absolute Gasteiger partial charge is 0.491 e. The van der Waals surface area contributed by atoms with Gasteiger partial charge in [0.15, 0.2) is 0 Å². The Kier molecular flexibility index (Phi) is 5.63. The van der Waals surface area contributed by atoms with E-state index < -0.39 is 6.10 Å². The molecule has 0 aliphatic carbocycles. The Bertz CT molecular complexity index is 358. The van der Waals surface area contributed by atoms with Gasteiger partial charge in [0.25, 0.3) is 0 Å². The van der Waals surface area contributed by atoms with Crippen LogP contribution in [0.4, 0.5) is 0 Å². The number of nitrogens with one attached hydrogen (secondary N) is 1. The number of hydrogen-bond acceptors (Lipinski definition) is 3. The highest BCUT2D eigenvalue weighted by Gasteiger charge is 2.18. The van der Waals surface area contributed by atoms with Crippen LogP contribution in [-0.2, 0) is 5.41 Å². The van der Waals surface area contributed by atoms with Crippen LogP contribution in [0.5, 0.6) is 5.75 Å². The number of para-hydroxylation sites is 1. The van der Waals surface area contributed by atoms with Gasteiger partial charge in [-0.1, -0.05) is 45.9 Å². The third-order valence-electron chi connectivity index (χ3n) is 2.76. The Hall–Kier alpha value is -1.06. The monoisotopic (exact) mass is 251 g/mol. The van der Waals surface area contributed by atoms with Crippen LogP contribution < -0.4 is 10.1 Å². The van der Waals surface area contributed by atoms with Crippen LogP contribution in [0.25, 0.3) is 0 Å². The molecule has 3 nitrogen and oxygen atoms in total. The Morgan fingerprint density at radius 2 is 1.94 bits per heavy atom. The molecule has 0 bridgehead atoms. The number of hydrogen-bond donors (Lipinski definition) is 2. The third-order valence-corrected chi connectivity index (χ3v) is 2.76. The molecule has 1 aromatic rings. The first-order valence-corrected chi connectivity index (χ1v) is 6.56. The van der Waals surface area contributed by atoms with Crippen LogP contribution in [0.1, 0.15) is 33.3 Å². The highest BCUT2D eigenvalue weighted by molar-refractivity contribution is 5.38. The first-order chi connectivity index (χ1) is 8.45. The standard InChI is InChI=1S/C15H25NO2/c1-5-16-10-12(17)11-18-14-9-7-6-8-13(14)15(2,3)4/h6-9,12,16-17H,5,10-11H2,1-4H3. The second-order valence-electron chi connectivity index (χ2n) is 5.52. The summed E-state index contributed by atoms with van der Waals surface area (Å²) in [6.45, 7) is 10.2. The fourth-order valence-corrected chi connectivity index (χ4v) is 1.77. The van der Waals surface area contributed by atoms with E-state index in [9.17, 15) is 5.11 Å². The van der Waals surface area contributed by atoms with Gasteiger partial charge in [0, 0.05) is 6.54 Å². The molecule has 0 saturated carbocycles. The highest BCUT2D eigenvalue weighted by Crippen LogP contribution is 2.30. The van der Waals surface area contributed by atoms with E-state index in [1.807, 2.05) is 25.1 Å². The summed E-state index contributed by atoms with van der Waals surface area (Å²) in [5, 5.41) is 12.8. The smallest absolute Gasteiger partial charge is 0.123 e. The van der Waals surface area contributed by atoms with Gasteiger partial charge in [-0.25, -0.2) is 0 Å². The fraction of sp³-hybridized carbons (Fsp3) is 0.600. The van der Waals surface area contributed by atoms with E-state index in [0.29, 0.717) is 13.2 Å². The van der Waals surface area contributed by atoms with Gasteiger partial charge in [-0.2, -0.15) is 0 Å². The molecule has 1 atom stereocenters. The molecule has 0 saturated heterocycles. The quantitative estimate of drug-likeness (QED) is 0.815. The zero-order valence-corrected chi connectivity index (χ0v) is 11.9. The predicted octanol–water partition coefficient (Wildman–Crippen LogP) is 2.33. The van der Waals surface area contributed by atoms with E-state index >= 15 is 0 Å². The molecule has 18 heavy (non-hydrogen) atoms. The number of benzene rings is 1. The van der Waals surface area contributed by atoms with Crippen molar-refractivity contribution in [3.8, 4) is 5.75 Å². The molecule has 1 rings (SSSR count). The van der Waals surface area contributed by atoms with Crippen molar-refractivity contribution >= 4 is 0 Å². The Morgan fingerprint density at radius 3 is 2.56 bits per heavy atom. The summed E-state index contributed by atoms with van der Waals surface area (Å²) in [5.41, 5.74) is 1.21. The topological polar surface area (TPSA) is 41.5 Å². The minimum absolute atomic E-state index is 0.0449. The van der Waals surface area contributed by atoms with Gasteiger partial charge < -0.3 is 15.2 Å². The molecule has 2 N–H and O–H groups in total. The van der Waals surface area contributed by atoms with Crippen molar-refractivity contribution < 1.29 is 9.84 Å². The van der Waals surface area contributed by atoms with Gasteiger partial charge >= 0.3 is 0 Å². The van der Waals surface area contributed by atoms with Crippen LogP contribution >= 0.6 is 0 Å². The number of ether oxygens (including phenoxy) is 1. The molecule has 0 aliphatic rings. The van der Waals surface area contributed by atoms with Crippen LogP contribution in [0.2, 0.25) is 0 Å². The number of aliphatic hydroxyl groups is 1. The summed E-state index contributed by atoms with van der Waals surface area (Å²) in [6, 6.07) is 8.01. The van der Waals surface area contributed by atoms with Gasteiger partial charge in [-0.05, 0) is 23.6 Å². The molecule has 1 aromatic carbocycles. The van der Waals surface area contributed by atoms with Gasteiger partial charge in [-0.15, -0.1) is 0 Å². The molecule has 0 aromatic heterocycles. The summed E-state index contributed by atoms with van der Waals surface area (Å²) in [5.74, 6) is 0.862. The zero-order chi connectivity index (χ0) is 13.6. The van der Waals surface area contributed by atoms with Crippen molar-refractivity contribution in [2.45, 2.75) is 39.2 Å². The molecular formula is C15H25NO2. The van der Waals surface area contributed by atoms with Gasteiger partial charge in [0.05, 0.1) is 0 Å². The summed E-state index contributed by atoms with van der Waals surface area (Å²) in [7, 11) is 0. The van der Waals surface area contributed by atoms with E-state index in [1.54, 1.807) is 0 Å². The van der Waals surface area contributed by atoms with Crippen LogP contribution in [0.3, 0.4) is 0 Å². The Labute approximate surface area is 110 Å². The van der Waals surface area contributed by atoms with Gasteiger partial charge in [0.1, 0.15) is 18.5 Å². The molecule has 0 spiro atoms. The molecule has 0 amide bonds. The maximum Gasteiger partial charge on any atom is 0.123 e. The normalized spacial score (nSPS) is 13.4. The molecule has 0 aliphatic heterocycles. The molecular weight excluding hydrogens is 226 g/mol. The van der Waals surface area contributed by atoms with Crippen LogP contribution in [0.15, 0.2) is 24.3 Å². The lowest BCUT2D eigenvalue weighted by Gasteiger charge is -2.23. The maximum atomic E-state index is 9.75. The van der Waals surface area contributed by atoms with Gasteiger partial charge in [-0.3, -0.25) is 0 Å². The van der Waals surface area contributed by atoms with E-state index in [1.165, 1.54) is 5.56 Å². The summed E-state index contributed by atoms with van der Waals surface area (Å²) in [4.78, 5) is 0. The first-order valence-electron chi connectivity index (χ1n) is 6.56. The summed E-state index contributed by atoms with van der Waals surface area (Å²) in [6.07, 6.45) is -0.474. The third kappa shape index (κ3) is 4.67.